The van der Waals surface area contributed by atoms with Crippen LogP contribution in [0.4, 0.5) is 0 Å². The summed E-state index contributed by atoms with van der Waals surface area (Å²) in [7, 11) is 1.83. The standard InChI is InChI=1S/C11H16N2O2/c1-8-3-4-9(15-8)7-12-10-5-6-13(2)11(10)14/h3-4,10,12H,5-7H2,1-2H3. The van der Waals surface area contributed by atoms with Crippen LogP contribution in [0.25, 0.3) is 0 Å². The van der Waals surface area contributed by atoms with Crippen molar-refractivity contribution in [3.63, 3.8) is 0 Å². The van der Waals surface area contributed by atoms with Crippen molar-refractivity contribution in [3.05, 3.63) is 23.7 Å². The van der Waals surface area contributed by atoms with Crippen molar-refractivity contribution in [2.75, 3.05) is 13.6 Å². The Balaban J connectivity index is 1.86. The Morgan fingerprint density at radius 2 is 2.40 bits per heavy atom. The van der Waals surface area contributed by atoms with Gasteiger partial charge in [0.2, 0.25) is 5.91 Å². The van der Waals surface area contributed by atoms with Crippen molar-refractivity contribution in [1.29, 1.82) is 0 Å². The number of amides is 1. The molecule has 1 aromatic heterocycles. The Bertz CT molecular complexity index is 359. The maximum Gasteiger partial charge on any atom is 0.239 e. The molecule has 0 aromatic carbocycles. The Morgan fingerprint density at radius 3 is 2.93 bits per heavy atom. The summed E-state index contributed by atoms with van der Waals surface area (Å²) in [5.74, 6) is 1.97. The van der Waals surface area contributed by atoms with Gasteiger partial charge >= 0.3 is 0 Å². The maximum absolute atomic E-state index is 11.6. The number of aryl methyl sites for hydroxylation is 1. The summed E-state index contributed by atoms with van der Waals surface area (Å²) in [4.78, 5) is 13.3. The molecule has 0 radical (unpaired) electrons. The van der Waals surface area contributed by atoms with E-state index in [0.29, 0.717) is 6.54 Å². The first-order chi connectivity index (χ1) is 7.16. The van der Waals surface area contributed by atoms with Gasteiger partial charge < -0.3 is 9.32 Å². The first kappa shape index (κ1) is 10.2. The van der Waals surface area contributed by atoms with Gasteiger partial charge in [0.1, 0.15) is 11.5 Å². The Hall–Kier alpha value is -1.29. The maximum atomic E-state index is 11.6. The predicted molar refractivity (Wildman–Crippen MR) is 56.3 cm³/mol. The highest BCUT2D eigenvalue weighted by molar-refractivity contribution is 5.83. The van der Waals surface area contributed by atoms with E-state index in [0.717, 1.165) is 24.5 Å². The van der Waals surface area contributed by atoms with Crippen LogP contribution in [-0.2, 0) is 11.3 Å². The molecule has 0 aliphatic carbocycles. The van der Waals surface area contributed by atoms with Gasteiger partial charge in [0.25, 0.3) is 0 Å². The molecule has 1 N–H and O–H groups in total. The number of rotatable bonds is 3. The average molecular weight is 208 g/mol. The molecule has 4 nitrogen and oxygen atoms in total. The van der Waals surface area contributed by atoms with Gasteiger partial charge in [-0.1, -0.05) is 0 Å². The summed E-state index contributed by atoms with van der Waals surface area (Å²) in [6.45, 7) is 3.38. The quantitative estimate of drug-likeness (QED) is 0.803. The second-order valence-corrected chi connectivity index (χ2v) is 3.99. The van der Waals surface area contributed by atoms with Crippen LogP contribution in [0.5, 0.6) is 0 Å². The van der Waals surface area contributed by atoms with Gasteiger partial charge in [-0.25, -0.2) is 0 Å². The molecule has 1 aliphatic rings. The molecule has 2 rings (SSSR count). The van der Waals surface area contributed by atoms with E-state index in [1.165, 1.54) is 0 Å². The Kier molecular flexibility index (Phi) is 2.77. The molecule has 1 unspecified atom stereocenters. The Labute approximate surface area is 89.2 Å². The van der Waals surface area contributed by atoms with Gasteiger partial charge in [0, 0.05) is 13.6 Å². The molecule has 1 fully saturated rings. The molecular formula is C11H16N2O2. The molecule has 0 bridgehead atoms. The zero-order valence-electron chi connectivity index (χ0n) is 9.12. The number of furan rings is 1. The van der Waals surface area contributed by atoms with E-state index >= 15 is 0 Å². The van der Waals surface area contributed by atoms with Crippen molar-refractivity contribution in [2.24, 2.45) is 0 Å². The molecular weight excluding hydrogens is 192 g/mol. The number of carbonyl (C=O) groups excluding carboxylic acids is 1. The van der Waals surface area contributed by atoms with E-state index in [1.54, 1.807) is 4.90 Å². The molecule has 1 saturated heterocycles. The van der Waals surface area contributed by atoms with Crippen molar-refractivity contribution in [1.82, 2.24) is 10.2 Å². The summed E-state index contributed by atoms with van der Waals surface area (Å²) in [5.41, 5.74) is 0. The summed E-state index contributed by atoms with van der Waals surface area (Å²) in [5, 5.41) is 3.21. The fourth-order valence-electron chi connectivity index (χ4n) is 1.82. The van der Waals surface area contributed by atoms with Crippen molar-refractivity contribution in [2.45, 2.75) is 25.9 Å². The largest absolute Gasteiger partial charge is 0.465 e. The van der Waals surface area contributed by atoms with E-state index in [4.69, 9.17) is 4.42 Å². The molecule has 1 aromatic rings. The third kappa shape index (κ3) is 2.21. The van der Waals surface area contributed by atoms with Crippen molar-refractivity contribution >= 4 is 5.91 Å². The van der Waals surface area contributed by atoms with E-state index in [-0.39, 0.29) is 11.9 Å². The lowest BCUT2D eigenvalue weighted by Gasteiger charge is -2.10. The van der Waals surface area contributed by atoms with Crippen LogP contribution in [0.1, 0.15) is 17.9 Å². The number of nitrogens with zero attached hydrogens (tertiary/aromatic N) is 1. The molecule has 1 amide bonds. The van der Waals surface area contributed by atoms with Crippen LogP contribution in [0, 0.1) is 6.92 Å². The zero-order valence-corrected chi connectivity index (χ0v) is 9.12. The SMILES string of the molecule is Cc1ccc(CNC2CCN(C)C2=O)o1. The van der Waals surface area contributed by atoms with Gasteiger partial charge in [0.05, 0.1) is 12.6 Å². The van der Waals surface area contributed by atoms with Crippen LogP contribution in [0.2, 0.25) is 0 Å². The van der Waals surface area contributed by atoms with Gasteiger partial charge in [-0.15, -0.1) is 0 Å². The van der Waals surface area contributed by atoms with Crippen molar-refractivity contribution < 1.29 is 9.21 Å². The van der Waals surface area contributed by atoms with Crippen LogP contribution >= 0.6 is 0 Å². The van der Waals surface area contributed by atoms with Gasteiger partial charge in [-0.2, -0.15) is 0 Å². The minimum absolute atomic E-state index is 0.0413. The molecule has 15 heavy (non-hydrogen) atoms. The molecule has 0 spiro atoms. The highest BCUT2D eigenvalue weighted by Gasteiger charge is 2.28. The number of nitrogens with one attached hydrogen (secondary N) is 1. The van der Waals surface area contributed by atoms with Gasteiger partial charge in [-0.3, -0.25) is 10.1 Å². The van der Waals surface area contributed by atoms with Gasteiger partial charge in [-0.05, 0) is 25.5 Å². The fraction of sp³-hybridized carbons (Fsp3) is 0.545. The first-order valence-corrected chi connectivity index (χ1v) is 5.20. The highest BCUT2D eigenvalue weighted by Crippen LogP contribution is 2.11. The second kappa shape index (κ2) is 4.06. The first-order valence-electron chi connectivity index (χ1n) is 5.20. The van der Waals surface area contributed by atoms with Crippen LogP contribution in [-0.4, -0.2) is 30.4 Å². The number of likely N-dealkylation sites (N-methyl/N-ethyl adjacent to an activating group) is 1. The highest BCUT2D eigenvalue weighted by atomic mass is 16.3. The van der Waals surface area contributed by atoms with E-state index < -0.39 is 0 Å². The van der Waals surface area contributed by atoms with E-state index in [9.17, 15) is 4.79 Å². The average Bonchev–Trinajstić information content (AvgIpc) is 2.74. The van der Waals surface area contributed by atoms with Crippen LogP contribution in [0.15, 0.2) is 16.5 Å². The lowest BCUT2D eigenvalue weighted by Crippen LogP contribution is -2.36. The molecule has 4 heteroatoms. The lowest BCUT2D eigenvalue weighted by molar-refractivity contribution is -0.128. The predicted octanol–water partition coefficient (Wildman–Crippen LogP) is 0.908. The Morgan fingerprint density at radius 1 is 1.60 bits per heavy atom. The van der Waals surface area contributed by atoms with Crippen molar-refractivity contribution in [3.8, 4) is 0 Å². The molecule has 1 aliphatic heterocycles. The summed E-state index contributed by atoms with van der Waals surface area (Å²) in [6.07, 6.45) is 0.884. The minimum Gasteiger partial charge on any atom is -0.465 e. The third-order valence-electron chi connectivity index (χ3n) is 2.75. The van der Waals surface area contributed by atoms with Gasteiger partial charge in [0.15, 0.2) is 0 Å². The fourth-order valence-corrected chi connectivity index (χ4v) is 1.82. The van der Waals surface area contributed by atoms with Crippen LogP contribution in [0.3, 0.4) is 0 Å². The second-order valence-electron chi connectivity index (χ2n) is 3.99. The molecule has 1 atom stereocenters. The third-order valence-corrected chi connectivity index (χ3v) is 2.75. The summed E-state index contributed by atoms with van der Waals surface area (Å²) in [6, 6.07) is 3.82. The van der Waals surface area contributed by atoms with Crippen LogP contribution < -0.4 is 5.32 Å². The number of hydrogen-bond donors (Lipinski definition) is 1. The number of likely N-dealkylation sites (tertiary alicyclic amines) is 1. The molecule has 82 valence electrons. The van der Waals surface area contributed by atoms with E-state index in [2.05, 4.69) is 5.32 Å². The number of hydrogen-bond acceptors (Lipinski definition) is 3. The molecule has 2 heterocycles. The zero-order chi connectivity index (χ0) is 10.8. The minimum atomic E-state index is -0.0413. The lowest BCUT2D eigenvalue weighted by atomic mass is 10.2. The normalized spacial score (nSPS) is 21.3. The molecule has 0 saturated carbocycles. The smallest absolute Gasteiger partial charge is 0.239 e. The topological polar surface area (TPSA) is 45.5 Å². The monoisotopic (exact) mass is 208 g/mol. The summed E-state index contributed by atoms with van der Waals surface area (Å²) < 4.78 is 5.42. The summed E-state index contributed by atoms with van der Waals surface area (Å²) >= 11 is 0. The van der Waals surface area contributed by atoms with E-state index in [1.807, 2.05) is 26.1 Å². The number of carbonyl (C=O) groups is 1.